The van der Waals surface area contributed by atoms with Gasteiger partial charge in [0.15, 0.2) is 0 Å². The first-order valence-electron chi connectivity index (χ1n) is 9.12. The van der Waals surface area contributed by atoms with E-state index in [1.807, 2.05) is 24.3 Å². The average Bonchev–Trinajstić information content (AvgIpc) is 2.70. The number of carbonyl (C=O) groups is 1. The molecule has 3 rings (SSSR count). The molecule has 0 spiro atoms. The number of nitrogens with one attached hydrogen (secondary N) is 2. The standard InChI is InChI=1S/C20H23Cl2N3O3/c21-16-4-5-18(22)19(13-16)24-20(26)23-14-15-2-1-3-17(12-15)28-11-8-25-6-9-27-10-7-25/h1-5,12-13H,6-11,14H2,(H2,23,24,26). The minimum Gasteiger partial charge on any atom is -0.492 e. The highest BCUT2D eigenvalue weighted by molar-refractivity contribution is 6.35. The van der Waals surface area contributed by atoms with Crippen molar-refractivity contribution in [3.8, 4) is 5.75 Å². The van der Waals surface area contributed by atoms with Gasteiger partial charge in [0.05, 0.1) is 23.9 Å². The summed E-state index contributed by atoms with van der Waals surface area (Å²) in [6.07, 6.45) is 0. The van der Waals surface area contributed by atoms with Crippen LogP contribution in [0, 0.1) is 0 Å². The van der Waals surface area contributed by atoms with Crippen LogP contribution in [0.1, 0.15) is 5.56 Å². The van der Waals surface area contributed by atoms with Gasteiger partial charge in [-0.2, -0.15) is 0 Å². The number of urea groups is 1. The summed E-state index contributed by atoms with van der Waals surface area (Å²) >= 11 is 12.0. The number of hydrogen-bond acceptors (Lipinski definition) is 4. The van der Waals surface area contributed by atoms with Crippen molar-refractivity contribution >= 4 is 34.9 Å². The number of amides is 2. The molecule has 1 aliphatic rings. The van der Waals surface area contributed by atoms with Crippen molar-refractivity contribution in [3.05, 3.63) is 58.1 Å². The molecule has 0 aliphatic carbocycles. The number of carbonyl (C=O) groups excluding carboxylic acids is 1. The predicted molar refractivity (Wildman–Crippen MR) is 112 cm³/mol. The molecule has 0 aromatic heterocycles. The Morgan fingerprint density at radius 2 is 1.96 bits per heavy atom. The lowest BCUT2D eigenvalue weighted by atomic mass is 10.2. The quantitative estimate of drug-likeness (QED) is 0.705. The zero-order valence-corrected chi connectivity index (χ0v) is 16.9. The second-order valence-electron chi connectivity index (χ2n) is 6.38. The maximum absolute atomic E-state index is 12.1. The summed E-state index contributed by atoms with van der Waals surface area (Å²) in [5.74, 6) is 0.783. The Balaban J connectivity index is 1.44. The monoisotopic (exact) mass is 423 g/mol. The van der Waals surface area contributed by atoms with Gasteiger partial charge >= 0.3 is 6.03 Å². The van der Waals surface area contributed by atoms with Crippen LogP contribution in [0.25, 0.3) is 0 Å². The number of morpholine rings is 1. The molecule has 2 aromatic rings. The predicted octanol–water partition coefficient (Wildman–Crippen LogP) is 4.03. The Bertz CT molecular complexity index is 798. The highest BCUT2D eigenvalue weighted by Gasteiger charge is 2.10. The lowest BCUT2D eigenvalue weighted by Gasteiger charge is -2.26. The van der Waals surface area contributed by atoms with Gasteiger partial charge in [-0.25, -0.2) is 4.79 Å². The van der Waals surface area contributed by atoms with Crippen molar-refractivity contribution in [3.63, 3.8) is 0 Å². The van der Waals surface area contributed by atoms with Crippen LogP contribution in [-0.2, 0) is 11.3 Å². The van der Waals surface area contributed by atoms with E-state index in [0.717, 1.165) is 44.2 Å². The summed E-state index contributed by atoms with van der Waals surface area (Å²) in [6, 6.07) is 12.2. The maximum atomic E-state index is 12.1. The van der Waals surface area contributed by atoms with Gasteiger partial charge in [0.2, 0.25) is 0 Å². The first-order valence-corrected chi connectivity index (χ1v) is 9.87. The van der Waals surface area contributed by atoms with E-state index in [9.17, 15) is 4.79 Å². The van der Waals surface area contributed by atoms with Crippen LogP contribution in [0.3, 0.4) is 0 Å². The van der Waals surface area contributed by atoms with Crippen LogP contribution in [0.4, 0.5) is 10.5 Å². The molecule has 150 valence electrons. The van der Waals surface area contributed by atoms with E-state index < -0.39 is 0 Å². The third-order valence-electron chi connectivity index (χ3n) is 4.31. The number of benzene rings is 2. The van der Waals surface area contributed by atoms with Gasteiger partial charge in [-0.3, -0.25) is 4.90 Å². The van der Waals surface area contributed by atoms with Gasteiger partial charge in [0.1, 0.15) is 12.4 Å². The summed E-state index contributed by atoms with van der Waals surface area (Å²) in [5, 5.41) is 6.42. The fourth-order valence-electron chi connectivity index (χ4n) is 2.80. The SMILES string of the molecule is O=C(NCc1cccc(OCCN2CCOCC2)c1)Nc1cc(Cl)ccc1Cl. The first-order chi connectivity index (χ1) is 13.6. The molecule has 0 radical (unpaired) electrons. The molecule has 0 unspecified atom stereocenters. The Kier molecular flexibility index (Phi) is 7.80. The zero-order valence-electron chi connectivity index (χ0n) is 15.4. The molecule has 0 bridgehead atoms. The van der Waals surface area contributed by atoms with Gasteiger partial charge in [0, 0.05) is 31.2 Å². The molecule has 0 saturated carbocycles. The minimum atomic E-state index is -0.359. The van der Waals surface area contributed by atoms with Crippen molar-refractivity contribution in [2.24, 2.45) is 0 Å². The van der Waals surface area contributed by atoms with E-state index in [2.05, 4.69) is 15.5 Å². The van der Waals surface area contributed by atoms with Crippen LogP contribution in [0.15, 0.2) is 42.5 Å². The molecule has 0 atom stereocenters. The second-order valence-corrected chi connectivity index (χ2v) is 7.23. The molecule has 1 saturated heterocycles. The van der Waals surface area contributed by atoms with Crippen LogP contribution < -0.4 is 15.4 Å². The Labute approximate surface area is 174 Å². The number of hydrogen-bond donors (Lipinski definition) is 2. The van der Waals surface area contributed by atoms with Crippen molar-refractivity contribution < 1.29 is 14.3 Å². The molecule has 2 N–H and O–H groups in total. The number of halogens is 2. The van der Waals surface area contributed by atoms with Gasteiger partial charge in [0.25, 0.3) is 0 Å². The third-order valence-corrected chi connectivity index (χ3v) is 4.87. The first kappa shape index (κ1) is 20.7. The average molecular weight is 424 g/mol. The summed E-state index contributed by atoms with van der Waals surface area (Å²) in [6.45, 7) is 5.30. The van der Waals surface area contributed by atoms with Gasteiger partial charge in [-0.15, -0.1) is 0 Å². The largest absolute Gasteiger partial charge is 0.492 e. The topological polar surface area (TPSA) is 62.8 Å². The van der Waals surface area contributed by atoms with E-state index in [1.165, 1.54) is 0 Å². The van der Waals surface area contributed by atoms with Crippen molar-refractivity contribution in [1.82, 2.24) is 10.2 Å². The van der Waals surface area contributed by atoms with Crippen molar-refractivity contribution in [1.29, 1.82) is 0 Å². The van der Waals surface area contributed by atoms with Crippen LogP contribution >= 0.6 is 23.2 Å². The Hall–Kier alpha value is -1.99. The number of ether oxygens (including phenoxy) is 2. The highest BCUT2D eigenvalue weighted by Crippen LogP contribution is 2.25. The highest BCUT2D eigenvalue weighted by atomic mass is 35.5. The molecule has 1 fully saturated rings. The van der Waals surface area contributed by atoms with Crippen LogP contribution in [0.5, 0.6) is 5.75 Å². The summed E-state index contributed by atoms with van der Waals surface area (Å²) in [7, 11) is 0. The van der Waals surface area contributed by atoms with Crippen LogP contribution in [-0.4, -0.2) is 50.4 Å². The number of nitrogens with zero attached hydrogens (tertiary/aromatic N) is 1. The number of anilines is 1. The summed E-state index contributed by atoms with van der Waals surface area (Å²) in [4.78, 5) is 14.4. The van der Waals surface area contributed by atoms with Gasteiger partial charge in [-0.05, 0) is 35.9 Å². The maximum Gasteiger partial charge on any atom is 0.319 e. The van der Waals surface area contributed by atoms with E-state index in [4.69, 9.17) is 32.7 Å². The van der Waals surface area contributed by atoms with E-state index in [0.29, 0.717) is 28.9 Å². The molecular formula is C20H23Cl2N3O3. The molecule has 8 heteroatoms. The minimum absolute atomic E-state index is 0.359. The molecule has 2 amide bonds. The normalized spacial score (nSPS) is 14.5. The smallest absolute Gasteiger partial charge is 0.319 e. The second kappa shape index (κ2) is 10.5. The molecule has 2 aromatic carbocycles. The fourth-order valence-corrected chi connectivity index (χ4v) is 3.14. The number of rotatable bonds is 7. The Morgan fingerprint density at radius 3 is 2.79 bits per heavy atom. The van der Waals surface area contributed by atoms with Gasteiger partial charge < -0.3 is 20.1 Å². The van der Waals surface area contributed by atoms with Crippen LogP contribution in [0.2, 0.25) is 10.0 Å². The van der Waals surface area contributed by atoms with Gasteiger partial charge in [-0.1, -0.05) is 35.3 Å². The molecule has 6 nitrogen and oxygen atoms in total. The van der Waals surface area contributed by atoms with E-state index in [-0.39, 0.29) is 6.03 Å². The molecule has 28 heavy (non-hydrogen) atoms. The Morgan fingerprint density at radius 1 is 1.14 bits per heavy atom. The lowest BCUT2D eigenvalue weighted by molar-refractivity contribution is 0.0322. The summed E-state index contributed by atoms with van der Waals surface area (Å²) in [5.41, 5.74) is 1.41. The molecule has 1 heterocycles. The lowest BCUT2D eigenvalue weighted by Crippen LogP contribution is -2.38. The third kappa shape index (κ3) is 6.56. The van der Waals surface area contributed by atoms with E-state index >= 15 is 0 Å². The summed E-state index contributed by atoms with van der Waals surface area (Å²) < 4.78 is 11.2. The molecular weight excluding hydrogens is 401 g/mol. The zero-order chi connectivity index (χ0) is 19.8. The van der Waals surface area contributed by atoms with Crippen molar-refractivity contribution in [2.45, 2.75) is 6.54 Å². The van der Waals surface area contributed by atoms with E-state index in [1.54, 1.807) is 18.2 Å². The fraction of sp³-hybridized carbons (Fsp3) is 0.350. The molecule has 1 aliphatic heterocycles. The van der Waals surface area contributed by atoms with Crippen molar-refractivity contribution in [2.75, 3.05) is 44.8 Å².